The summed E-state index contributed by atoms with van der Waals surface area (Å²) in [5.41, 5.74) is 2.50. The van der Waals surface area contributed by atoms with Crippen LogP contribution in [0.1, 0.15) is 94.9 Å². The molecule has 8 nitrogen and oxygen atoms in total. The molecule has 1 aliphatic heterocycles. The van der Waals surface area contributed by atoms with Crippen molar-refractivity contribution in [3.8, 4) is 0 Å². The fourth-order valence-electron chi connectivity index (χ4n) is 4.34. The number of likely N-dealkylation sites (tertiary alicyclic amines) is 1. The average Bonchev–Trinajstić information content (AvgIpc) is 3.49. The third-order valence-electron chi connectivity index (χ3n) is 6.19. The predicted octanol–water partition coefficient (Wildman–Crippen LogP) is 4.50. The first-order valence-electron chi connectivity index (χ1n) is 12.0. The van der Waals surface area contributed by atoms with Crippen LogP contribution in [-0.2, 0) is 10.3 Å². The van der Waals surface area contributed by atoms with Crippen molar-refractivity contribution < 1.29 is 14.3 Å². The van der Waals surface area contributed by atoms with Crippen LogP contribution in [0.3, 0.4) is 0 Å². The number of amides is 2. The van der Waals surface area contributed by atoms with E-state index in [0.717, 1.165) is 35.3 Å². The molecule has 1 aliphatic carbocycles. The van der Waals surface area contributed by atoms with Crippen molar-refractivity contribution in [1.82, 2.24) is 25.0 Å². The zero-order valence-electron chi connectivity index (χ0n) is 21.0. The van der Waals surface area contributed by atoms with Gasteiger partial charge in [-0.05, 0) is 80.2 Å². The number of fused-ring (bicyclic) bond motifs is 1. The third kappa shape index (κ3) is 5.14. The number of nitrogens with one attached hydrogen (secondary N) is 1. The number of pyridine rings is 1. The van der Waals surface area contributed by atoms with E-state index in [1.54, 1.807) is 4.90 Å². The molecule has 0 bridgehead atoms. The molecule has 2 aliphatic rings. The van der Waals surface area contributed by atoms with Gasteiger partial charge in [0.2, 0.25) is 0 Å². The van der Waals surface area contributed by atoms with E-state index in [1.165, 1.54) is 0 Å². The number of aromatic nitrogens is 3. The lowest BCUT2D eigenvalue weighted by Crippen LogP contribution is -2.47. The van der Waals surface area contributed by atoms with E-state index in [-0.39, 0.29) is 23.6 Å². The maximum atomic E-state index is 13.5. The Morgan fingerprint density at radius 1 is 1.06 bits per heavy atom. The lowest BCUT2D eigenvalue weighted by atomic mass is 10.0. The van der Waals surface area contributed by atoms with Crippen LogP contribution in [0.15, 0.2) is 6.07 Å². The largest absolute Gasteiger partial charge is 0.444 e. The molecule has 2 amide bonds. The summed E-state index contributed by atoms with van der Waals surface area (Å²) in [6, 6.07) is 1.98. The number of rotatable bonds is 3. The van der Waals surface area contributed by atoms with Gasteiger partial charge in [-0.3, -0.25) is 4.79 Å². The Morgan fingerprint density at radius 2 is 1.70 bits per heavy atom. The monoisotopic (exact) mass is 455 g/mol. The van der Waals surface area contributed by atoms with Gasteiger partial charge in [0.1, 0.15) is 5.60 Å². The van der Waals surface area contributed by atoms with Gasteiger partial charge >= 0.3 is 6.09 Å². The van der Waals surface area contributed by atoms with Gasteiger partial charge in [0.15, 0.2) is 5.65 Å². The van der Waals surface area contributed by atoms with E-state index in [1.807, 2.05) is 38.4 Å². The van der Waals surface area contributed by atoms with Gasteiger partial charge in [-0.15, -0.1) is 0 Å². The smallest absolute Gasteiger partial charge is 0.410 e. The number of ether oxygens (including phenoxy) is 1. The zero-order chi connectivity index (χ0) is 24.1. The van der Waals surface area contributed by atoms with Gasteiger partial charge in [-0.2, -0.15) is 5.10 Å². The Kier molecular flexibility index (Phi) is 5.91. The van der Waals surface area contributed by atoms with Gasteiger partial charge in [0.25, 0.3) is 5.91 Å². The second-order valence-electron chi connectivity index (χ2n) is 11.5. The molecule has 1 saturated heterocycles. The van der Waals surface area contributed by atoms with Gasteiger partial charge in [-0.25, -0.2) is 14.5 Å². The standard InChI is InChI=1S/C25H37N5O3/c1-15-20-18(14-19(16-8-9-16)27-21(20)30(28-15)24(2,3)4)22(31)26-17-10-12-29(13-11-17)23(32)33-25(5,6)7/h14,16-17H,8-13H2,1-7H3,(H,26,31). The molecule has 180 valence electrons. The second kappa shape index (κ2) is 8.29. The highest BCUT2D eigenvalue weighted by molar-refractivity contribution is 6.06. The summed E-state index contributed by atoms with van der Waals surface area (Å²) in [6.07, 6.45) is 3.35. The van der Waals surface area contributed by atoms with Crippen LogP contribution in [-0.4, -0.2) is 56.4 Å². The second-order valence-corrected chi connectivity index (χ2v) is 11.5. The summed E-state index contributed by atoms with van der Waals surface area (Å²) < 4.78 is 7.42. The molecule has 1 saturated carbocycles. The number of carbonyl (C=O) groups excluding carboxylic acids is 2. The molecule has 2 aromatic heterocycles. The van der Waals surface area contributed by atoms with Crippen molar-refractivity contribution in [3.05, 3.63) is 23.0 Å². The molecule has 2 fully saturated rings. The molecule has 3 heterocycles. The maximum absolute atomic E-state index is 13.5. The topological polar surface area (TPSA) is 89.4 Å². The van der Waals surface area contributed by atoms with E-state index in [0.29, 0.717) is 37.4 Å². The van der Waals surface area contributed by atoms with Crippen molar-refractivity contribution in [2.45, 2.75) is 97.2 Å². The van der Waals surface area contributed by atoms with Crippen molar-refractivity contribution in [3.63, 3.8) is 0 Å². The van der Waals surface area contributed by atoms with Crippen LogP contribution >= 0.6 is 0 Å². The fraction of sp³-hybridized carbons (Fsp3) is 0.680. The van der Waals surface area contributed by atoms with Crippen LogP contribution in [0.2, 0.25) is 0 Å². The van der Waals surface area contributed by atoms with Crippen molar-refractivity contribution in [2.24, 2.45) is 0 Å². The summed E-state index contributed by atoms with van der Waals surface area (Å²) in [7, 11) is 0. The van der Waals surface area contributed by atoms with Crippen LogP contribution < -0.4 is 5.32 Å². The quantitative estimate of drug-likeness (QED) is 0.736. The normalized spacial score (nSPS) is 18.0. The third-order valence-corrected chi connectivity index (χ3v) is 6.19. The van der Waals surface area contributed by atoms with Crippen molar-refractivity contribution in [1.29, 1.82) is 0 Å². The number of carbonyl (C=O) groups is 2. The highest BCUT2D eigenvalue weighted by Gasteiger charge is 2.32. The van der Waals surface area contributed by atoms with E-state index in [2.05, 4.69) is 26.1 Å². The van der Waals surface area contributed by atoms with E-state index < -0.39 is 5.60 Å². The summed E-state index contributed by atoms with van der Waals surface area (Å²) in [5.74, 6) is 0.346. The van der Waals surface area contributed by atoms with Crippen LogP contribution in [0.5, 0.6) is 0 Å². The van der Waals surface area contributed by atoms with Gasteiger partial charge in [-0.1, -0.05) is 0 Å². The number of aryl methyl sites for hydroxylation is 1. The number of nitrogens with zero attached hydrogens (tertiary/aromatic N) is 4. The Morgan fingerprint density at radius 3 is 2.24 bits per heavy atom. The highest BCUT2D eigenvalue weighted by Crippen LogP contribution is 2.41. The Hall–Kier alpha value is -2.64. The molecule has 0 spiro atoms. The summed E-state index contributed by atoms with van der Waals surface area (Å²) >= 11 is 0. The number of hydrogen-bond donors (Lipinski definition) is 1. The van der Waals surface area contributed by atoms with E-state index >= 15 is 0 Å². The summed E-state index contributed by atoms with van der Waals surface area (Å²) in [5, 5.41) is 8.79. The Bertz CT molecular complexity index is 1060. The number of hydrogen-bond acceptors (Lipinski definition) is 5. The molecular weight excluding hydrogens is 418 g/mol. The minimum atomic E-state index is -0.510. The molecule has 0 aromatic carbocycles. The van der Waals surface area contributed by atoms with Gasteiger partial charge < -0.3 is 15.0 Å². The van der Waals surface area contributed by atoms with E-state index in [9.17, 15) is 9.59 Å². The maximum Gasteiger partial charge on any atom is 0.410 e. The first-order valence-corrected chi connectivity index (χ1v) is 12.0. The van der Waals surface area contributed by atoms with Crippen LogP contribution in [0, 0.1) is 6.92 Å². The van der Waals surface area contributed by atoms with Crippen molar-refractivity contribution in [2.75, 3.05) is 13.1 Å². The average molecular weight is 456 g/mol. The molecule has 33 heavy (non-hydrogen) atoms. The molecule has 0 radical (unpaired) electrons. The van der Waals surface area contributed by atoms with E-state index in [4.69, 9.17) is 14.8 Å². The summed E-state index contributed by atoms with van der Waals surface area (Å²) in [6.45, 7) is 15.0. The van der Waals surface area contributed by atoms with Gasteiger partial charge in [0, 0.05) is 30.7 Å². The first-order chi connectivity index (χ1) is 15.3. The molecular formula is C25H37N5O3. The predicted molar refractivity (Wildman–Crippen MR) is 128 cm³/mol. The SMILES string of the molecule is Cc1nn(C(C)(C)C)c2nc(C3CC3)cc(C(=O)NC3CCN(C(=O)OC(C)(C)C)CC3)c12. The molecule has 0 unspecified atom stereocenters. The van der Waals surface area contributed by atoms with Crippen LogP contribution in [0.4, 0.5) is 4.79 Å². The first kappa shape index (κ1) is 23.5. The lowest BCUT2D eigenvalue weighted by Gasteiger charge is -2.33. The molecule has 1 N–H and O–H groups in total. The Labute approximate surface area is 196 Å². The van der Waals surface area contributed by atoms with Crippen molar-refractivity contribution >= 4 is 23.0 Å². The van der Waals surface area contributed by atoms with Crippen LogP contribution in [0.25, 0.3) is 11.0 Å². The highest BCUT2D eigenvalue weighted by atomic mass is 16.6. The summed E-state index contributed by atoms with van der Waals surface area (Å²) in [4.78, 5) is 32.5. The minimum Gasteiger partial charge on any atom is -0.444 e. The lowest BCUT2D eigenvalue weighted by molar-refractivity contribution is 0.0199. The number of piperidine rings is 1. The molecule has 0 atom stereocenters. The minimum absolute atomic E-state index is 0.0155. The molecule has 8 heteroatoms. The zero-order valence-corrected chi connectivity index (χ0v) is 21.0. The fourth-order valence-corrected chi connectivity index (χ4v) is 4.34. The molecule has 2 aromatic rings. The molecule has 4 rings (SSSR count). The van der Waals surface area contributed by atoms with Gasteiger partial charge in [0.05, 0.1) is 22.2 Å². The Balaban J connectivity index is 1.53.